The molecule has 2 unspecified atom stereocenters. The van der Waals surface area contributed by atoms with Crippen LogP contribution in [0.4, 0.5) is 13.2 Å². The molecule has 1 saturated heterocycles. The third-order valence-corrected chi connectivity index (χ3v) is 3.29. The Morgan fingerprint density at radius 3 is 2.57 bits per heavy atom. The van der Waals surface area contributed by atoms with Crippen LogP contribution in [0.1, 0.15) is 23.7 Å². The van der Waals surface area contributed by atoms with Crippen molar-refractivity contribution in [2.45, 2.75) is 24.8 Å². The zero-order chi connectivity index (χ0) is 15.5. The van der Waals surface area contributed by atoms with E-state index in [1.165, 1.54) is 19.2 Å². The average molecular weight is 303 g/mol. The normalized spacial score (nSPS) is 22.9. The summed E-state index contributed by atoms with van der Waals surface area (Å²) in [4.78, 5) is 11.2. The molecule has 0 amide bonds. The SMILES string of the molecule is COC(=O)CC1CNCC(c2ccc(C(F)(F)F)cc2)O1. The minimum Gasteiger partial charge on any atom is -0.469 e. The van der Waals surface area contributed by atoms with Gasteiger partial charge in [0.15, 0.2) is 0 Å². The minimum absolute atomic E-state index is 0.112. The van der Waals surface area contributed by atoms with Gasteiger partial charge in [-0.2, -0.15) is 13.2 Å². The lowest BCUT2D eigenvalue weighted by Gasteiger charge is -2.30. The van der Waals surface area contributed by atoms with Crippen LogP contribution in [0, 0.1) is 0 Å². The summed E-state index contributed by atoms with van der Waals surface area (Å²) in [7, 11) is 1.30. The van der Waals surface area contributed by atoms with Crippen molar-refractivity contribution in [1.29, 1.82) is 0 Å². The van der Waals surface area contributed by atoms with Crippen molar-refractivity contribution < 1.29 is 27.4 Å². The molecule has 1 aromatic carbocycles. The van der Waals surface area contributed by atoms with E-state index in [0.29, 0.717) is 18.7 Å². The number of morpholine rings is 1. The van der Waals surface area contributed by atoms with Gasteiger partial charge in [0.1, 0.15) is 0 Å². The fourth-order valence-electron chi connectivity index (χ4n) is 2.18. The molecule has 0 bridgehead atoms. The zero-order valence-electron chi connectivity index (χ0n) is 11.4. The van der Waals surface area contributed by atoms with Gasteiger partial charge in [0, 0.05) is 13.1 Å². The van der Waals surface area contributed by atoms with Gasteiger partial charge in [-0.1, -0.05) is 12.1 Å². The monoisotopic (exact) mass is 303 g/mol. The molecule has 1 heterocycles. The predicted octanol–water partition coefficient (Wildman–Crippen LogP) is 2.30. The maximum Gasteiger partial charge on any atom is 0.416 e. The molecule has 0 radical (unpaired) electrons. The summed E-state index contributed by atoms with van der Waals surface area (Å²) in [5.74, 6) is -0.380. The molecule has 0 aliphatic carbocycles. The number of carbonyl (C=O) groups is 1. The first-order valence-corrected chi connectivity index (χ1v) is 6.50. The molecule has 1 fully saturated rings. The van der Waals surface area contributed by atoms with Crippen molar-refractivity contribution >= 4 is 5.97 Å². The Balaban J connectivity index is 2.02. The molecule has 1 aliphatic heterocycles. The summed E-state index contributed by atoms with van der Waals surface area (Å²) >= 11 is 0. The van der Waals surface area contributed by atoms with Crippen LogP contribution in [0.5, 0.6) is 0 Å². The second-order valence-electron chi connectivity index (χ2n) is 4.81. The second-order valence-corrected chi connectivity index (χ2v) is 4.81. The summed E-state index contributed by atoms with van der Waals surface area (Å²) in [6.45, 7) is 0.995. The van der Waals surface area contributed by atoms with Gasteiger partial charge in [-0.05, 0) is 17.7 Å². The number of nitrogens with one attached hydrogen (secondary N) is 1. The smallest absolute Gasteiger partial charge is 0.416 e. The molecular formula is C14H16F3NO3. The Morgan fingerprint density at radius 1 is 1.33 bits per heavy atom. The Labute approximate surface area is 120 Å². The second kappa shape index (κ2) is 6.44. The third-order valence-electron chi connectivity index (χ3n) is 3.29. The van der Waals surface area contributed by atoms with Crippen LogP contribution in [0.2, 0.25) is 0 Å². The van der Waals surface area contributed by atoms with Crippen LogP contribution in [-0.4, -0.2) is 32.3 Å². The molecular weight excluding hydrogens is 287 g/mol. The molecule has 7 heteroatoms. The molecule has 21 heavy (non-hydrogen) atoms. The van der Waals surface area contributed by atoms with Gasteiger partial charge in [-0.3, -0.25) is 4.79 Å². The minimum atomic E-state index is -4.35. The first-order chi connectivity index (χ1) is 9.90. The maximum atomic E-state index is 12.5. The zero-order valence-corrected chi connectivity index (χ0v) is 11.4. The molecule has 116 valence electrons. The molecule has 1 aromatic rings. The van der Waals surface area contributed by atoms with Crippen molar-refractivity contribution in [2.24, 2.45) is 0 Å². The van der Waals surface area contributed by atoms with E-state index in [0.717, 1.165) is 12.1 Å². The highest BCUT2D eigenvalue weighted by Gasteiger charge is 2.31. The number of rotatable bonds is 3. The molecule has 4 nitrogen and oxygen atoms in total. The molecule has 1 N–H and O–H groups in total. The highest BCUT2D eigenvalue weighted by molar-refractivity contribution is 5.69. The van der Waals surface area contributed by atoms with Gasteiger partial charge < -0.3 is 14.8 Å². The van der Waals surface area contributed by atoms with Crippen LogP contribution in [0.25, 0.3) is 0 Å². The van der Waals surface area contributed by atoms with Crippen molar-refractivity contribution in [3.63, 3.8) is 0 Å². The van der Waals surface area contributed by atoms with Crippen LogP contribution in [0.3, 0.4) is 0 Å². The van der Waals surface area contributed by atoms with Crippen LogP contribution in [-0.2, 0) is 20.4 Å². The topological polar surface area (TPSA) is 47.6 Å². The molecule has 2 rings (SSSR count). The quantitative estimate of drug-likeness (QED) is 0.871. The average Bonchev–Trinajstić information content (AvgIpc) is 2.46. The lowest BCUT2D eigenvalue weighted by Crippen LogP contribution is -2.41. The molecule has 2 atom stereocenters. The maximum absolute atomic E-state index is 12.5. The first-order valence-electron chi connectivity index (χ1n) is 6.50. The van der Waals surface area contributed by atoms with Gasteiger partial charge >= 0.3 is 12.1 Å². The van der Waals surface area contributed by atoms with E-state index in [2.05, 4.69) is 10.1 Å². The van der Waals surface area contributed by atoms with E-state index >= 15 is 0 Å². The van der Waals surface area contributed by atoms with Gasteiger partial charge in [0.25, 0.3) is 0 Å². The number of hydrogen-bond donors (Lipinski definition) is 1. The van der Waals surface area contributed by atoms with Gasteiger partial charge in [-0.25, -0.2) is 0 Å². The number of methoxy groups -OCH3 is 1. The number of benzene rings is 1. The van der Waals surface area contributed by atoms with Crippen LogP contribution >= 0.6 is 0 Å². The number of carbonyl (C=O) groups excluding carboxylic acids is 1. The number of esters is 1. The fourth-order valence-corrected chi connectivity index (χ4v) is 2.18. The van der Waals surface area contributed by atoms with E-state index < -0.39 is 11.7 Å². The highest BCUT2D eigenvalue weighted by atomic mass is 19.4. The van der Waals surface area contributed by atoms with E-state index in [-0.39, 0.29) is 24.6 Å². The Bertz CT molecular complexity index is 487. The van der Waals surface area contributed by atoms with Gasteiger partial charge in [0.2, 0.25) is 0 Å². The Kier molecular flexibility index (Phi) is 4.84. The van der Waals surface area contributed by atoms with E-state index in [1.807, 2.05) is 0 Å². The molecule has 0 aromatic heterocycles. The molecule has 1 aliphatic rings. The number of halogens is 3. The standard InChI is InChI=1S/C14H16F3NO3/c1-20-13(19)6-11-7-18-8-12(21-11)9-2-4-10(5-3-9)14(15,16)17/h2-5,11-12,18H,6-8H2,1H3. The Hall–Kier alpha value is -1.60. The van der Waals surface area contributed by atoms with Crippen molar-refractivity contribution in [3.8, 4) is 0 Å². The fraction of sp³-hybridized carbons (Fsp3) is 0.500. The van der Waals surface area contributed by atoms with Gasteiger partial charge in [-0.15, -0.1) is 0 Å². The number of ether oxygens (including phenoxy) is 2. The summed E-state index contributed by atoms with van der Waals surface area (Å²) < 4.78 is 47.8. The van der Waals surface area contributed by atoms with E-state index in [4.69, 9.17) is 4.74 Å². The predicted molar refractivity (Wildman–Crippen MR) is 68.6 cm³/mol. The summed E-state index contributed by atoms with van der Waals surface area (Å²) in [6, 6.07) is 4.86. The van der Waals surface area contributed by atoms with Crippen molar-refractivity contribution in [3.05, 3.63) is 35.4 Å². The van der Waals surface area contributed by atoms with Crippen LogP contribution in [0.15, 0.2) is 24.3 Å². The Morgan fingerprint density at radius 2 is 2.00 bits per heavy atom. The third kappa shape index (κ3) is 4.18. The number of alkyl halides is 3. The largest absolute Gasteiger partial charge is 0.469 e. The first kappa shape index (κ1) is 15.8. The van der Waals surface area contributed by atoms with Crippen molar-refractivity contribution in [1.82, 2.24) is 5.32 Å². The summed E-state index contributed by atoms with van der Waals surface area (Å²) in [5, 5.41) is 3.10. The van der Waals surface area contributed by atoms with E-state index in [9.17, 15) is 18.0 Å². The highest BCUT2D eigenvalue weighted by Crippen LogP contribution is 2.31. The number of hydrogen-bond acceptors (Lipinski definition) is 4. The lowest BCUT2D eigenvalue weighted by molar-refractivity contribution is -0.146. The van der Waals surface area contributed by atoms with Crippen LogP contribution < -0.4 is 5.32 Å². The van der Waals surface area contributed by atoms with Crippen molar-refractivity contribution in [2.75, 3.05) is 20.2 Å². The summed E-state index contributed by atoms with van der Waals surface area (Å²) in [6.07, 6.45) is -4.97. The summed E-state index contributed by atoms with van der Waals surface area (Å²) in [5.41, 5.74) is -0.0498. The molecule has 0 spiro atoms. The lowest BCUT2D eigenvalue weighted by atomic mass is 10.0. The van der Waals surface area contributed by atoms with E-state index in [1.54, 1.807) is 0 Å². The molecule has 0 saturated carbocycles. The van der Waals surface area contributed by atoms with Gasteiger partial charge in [0.05, 0.1) is 31.3 Å².